The molecule has 11 rings (SSSR count). The molecule has 67 heavy (non-hydrogen) atoms. The number of carbonyl (C=O) groups excluding carboxylic acids is 1. The van der Waals surface area contributed by atoms with Gasteiger partial charge < -0.3 is 34.3 Å². The summed E-state index contributed by atoms with van der Waals surface area (Å²) in [4.78, 5) is 40.6. The highest BCUT2D eigenvalue weighted by Crippen LogP contribution is 2.54. The van der Waals surface area contributed by atoms with Gasteiger partial charge in [0.2, 0.25) is 5.88 Å². The monoisotopic (exact) mass is 934 g/mol. The van der Waals surface area contributed by atoms with Crippen molar-refractivity contribution in [1.82, 2.24) is 19.6 Å². The summed E-state index contributed by atoms with van der Waals surface area (Å²) < 4.78 is 63.3. The van der Waals surface area contributed by atoms with Crippen molar-refractivity contribution in [2.45, 2.75) is 93.1 Å². The number of alkyl halides is 1. The molecule has 3 N–H and O–H groups in total. The first-order valence-corrected chi connectivity index (χ1v) is 24.9. The number of aromatic amines is 1. The number of hydrogen-bond acceptors (Lipinski definition) is 13. The van der Waals surface area contributed by atoms with Crippen LogP contribution in [0.25, 0.3) is 11.0 Å². The minimum atomic E-state index is -4.67. The van der Waals surface area contributed by atoms with E-state index in [1.54, 1.807) is 12.3 Å². The van der Waals surface area contributed by atoms with Gasteiger partial charge >= 0.3 is 0 Å². The molecule has 3 atom stereocenters. The summed E-state index contributed by atoms with van der Waals surface area (Å²) in [6, 6.07) is 22.1. The third-order valence-electron chi connectivity index (χ3n) is 15.3. The Kier molecular flexibility index (Phi) is 11.1. The number of hydrogen-bond donors (Lipinski definition) is 3. The standard InChI is InChI=1S/C49H55FN8O8S/c1-31-5-2-3-6-36(31)39-7-4-18-56(39)34-26-48(27-34)13-19-55(20-14-48)33-8-10-37(40(24-33)57-42-23-32-12-17-51-45(32)53-47(42)66-44-29-65-28-43(44)57)46(59)54-67(62,63)35-9-11-38(41(25-35)58(60)61)52-30-49(50)15-21-64-22-16-49/h2-3,5-6,8-12,17,23-25,34,39,43-44,52H,4,7,13-16,18-22,26-30H2,1H3,(H,51,53)(H,54,59)/t39-,43+,44+/m0/s1. The summed E-state index contributed by atoms with van der Waals surface area (Å²) in [5.74, 6) is -0.571. The second-order valence-corrected chi connectivity index (χ2v) is 21.0. The number of ether oxygens (including phenoxy) is 3. The zero-order valence-electron chi connectivity index (χ0n) is 37.4. The Morgan fingerprint density at radius 3 is 2.57 bits per heavy atom. The number of nitro groups is 1. The van der Waals surface area contributed by atoms with Crippen molar-refractivity contribution < 1.29 is 36.7 Å². The summed E-state index contributed by atoms with van der Waals surface area (Å²) in [6.45, 7) is 5.86. The van der Waals surface area contributed by atoms with Gasteiger partial charge in [0, 0.05) is 81.1 Å². The number of H-pyrrole nitrogens is 1. The second-order valence-electron chi connectivity index (χ2n) is 19.3. The number of piperidine rings is 1. The van der Waals surface area contributed by atoms with Crippen LogP contribution in [0.3, 0.4) is 0 Å². The van der Waals surface area contributed by atoms with Gasteiger partial charge in [0.25, 0.3) is 21.6 Å². The molecule has 1 spiro atoms. The van der Waals surface area contributed by atoms with Crippen molar-refractivity contribution in [1.29, 1.82) is 0 Å². The molecule has 5 fully saturated rings. The SMILES string of the molecule is Cc1ccccc1[C@@H]1CCCN1C1CC2(CCN(c3ccc(C(=O)NS(=O)(=O)c4ccc(NCC5(F)CCOCC5)c([N+](=O)[O-])c4)c(N4c5cc6cc[nH]c6nc5O[C@@H]5COC[C@H]54)c3)CC2)C1. The van der Waals surface area contributed by atoms with E-state index in [9.17, 15) is 23.3 Å². The lowest BCUT2D eigenvalue weighted by molar-refractivity contribution is -0.384. The predicted octanol–water partition coefficient (Wildman–Crippen LogP) is 7.71. The Labute approximate surface area is 388 Å². The van der Waals surface area contributed by atoms with Gasteiger partial charge in [-0.2, -0.15) is 4.98 Å². The van der Waals surface area contributed by atoms with E-state index in [0.29, 0.717) is 41.6 Å². The Balaban J connectivity index is 0.872. The zero-order valence-corrected chi connectivity index (χ0v) is 38.2. The number of nitrogens with one attached hydrogen (secondary N) is 3. The summed E-state index contributed by atoms with van der Waals surface area (Å²) in [7, 11) is -4.67. The van der Waals surface area contributed by atoms with Gasteiger partial charge in [0.15, 0.2) is 0 Å². The van der Waals surface area contributed by atoms with Gasteiger partial charge in [-0.1, -0.05) is 24.3 Å². The van der Waals surface area contributed by atoms with E-state index in [0.717, 1.165) is 55.7 Å². The number of halogens is 1. The van der Waals surface area contributed by atoms with Gasteiger partial charge in [-0.3, -0.25) is 19.8 Å². The van der Waals surface area contributed by atoms with Crippen molar-refractivity contribution in [3.63, 3.8) is 0 Å². The fraction of sp³-hybridized carbons (Fsp3) is 0.469. The number of nitrogens with zero attached hydrogens (tertiary/aromatic N) is 5. The first kappa shape index (κ1) is 43.7. The second kappa shape index (κ2) is 17.1. The lowest BCUT2D eigenvalue weighted by Crippen LogP contribution is -2.55. The number of nitro benzene ring substituents is 1. The van der Waals surface area contributed by atoms with Gasteiger partial charge in [-0.15, -0.1) is 0 Å². The smallest absolute Gasteiger partial charge is 0.293 e. The number of amides is 1. The summed E-state index contributed by atoms with van der Waals surface area (Å²) in [5, 5.41) is 15.9. The molecule has 6 aliphatic rings. The number of sulfonamides is 1. The molecule has 1 aliphatic carbocycles. The largest absolute Gasteiger partial charge is 0.468 e. The molecule has 2 aromatic heterocycles. The van der Waals surface area contributed by atoms with Crippen molar-refractivity contribution in [3.05, 3.63) is 106 Å². The lowest BCUT2D eigenvalue weighted by Gasteiger charge is -2.56. The normalized spacial score (nSPS) is 23.6. The number of likely N-dealkylation sites (tertiary alicyclic amines) is 1. The van der Waals surface area contributed by atoms with Crippen LogP contribution >= 0.6 is 0 Å². The minimum Gasteiger partial charge on any atom is -0.468 e. The molecule has 352 valence electrons. The van der Waals surface area contributed by atoms with E-state index in [1.165, 1.54) is 42.9 Å². The maximum absolute atomic E-state index is 15.4. The highest BCUT2D eigenvalue weighted by molar-refractivity contribution is 7.90. The molecule has 0 unspecified atom stereocenters. The van der Waals surface area contributed by atoms with Crippen LogP contribution in [0.5, 0.6) is 5.88 Å². The van der Waals surface area contributed by atoms with Crippen molar-refractivity contribution in [3.8, 4) is 5.88 Å². The molecule has 0 bridgehead atoms. The molecule has 16 nitrogen and oxygen atoms in total. The number of benzene rings is 3. The predicted molar refractivity (Wildman–Crippen MR) is 251 cm³/mol. The molecule has 0 radical (unpaired) electrons. The number of fused-ring (bicyclic) bond motifs is 3. The van der Waals surface area contributed by atoms with E-state index < -0.39 is 43.2 Å². The Hall–Kier alpha value is -5.82. The van der Waals surface area contributed by atoms with E-state index in [-0.39, 0.29) is 61.9 Å². The average molecular weight is 935 g/mol. The molecule has 5 aromatic rings. The molecule has 3 aromatic carbocycles. The van der Waals surface area contributed by atoms with Crippen molar-refractivity contribution in [2.75, 3.05) is 67.7 Å². The van der Waals surface area contributed by atoms with E-state index in [1.807, 2.05) is 29.2 Å². The maximum atomic E-state index is 15.4. The Bertz CT molecular complexity index is 2840. The van der Waals surface area contributed by atoms with Gasteiger partial charge in [0.1, 0.15) is 28.8 Å². The van der Waals surface area contributed by atoms with Crippen LogP contribution in [0, 0.1) is 22.5 Å². The average Bonchev–Trinajstić information content (AvgIpc) is 4.11. The van der Waals surface area contributed by atoms with Crippen molar-refractivity contribution >= 4 is 55.4 Å². The first-order valence-electron chi connectivity index (χ1n) is 23.4. The molecule has 18 heteroatoms. The quantitative estimate of drug-likeness (QED) is 0.0865. The highest BCUT2D eigenvalue weighted by Gasteiger charge is 2.50. The molecular weight excluding hydrogens is 880 g/mol. The third kappa shape index (κ3) is 8.14. The third-order valence-corrected chi connectivity index (χ3v) is 16.7. The van der Waals surface area contributed by atoms with Crippen molar-refractivity contribution in [2.24, 2.45) is 5.41 Å². The van der Waals surface area contributed by atoms with Crippen LogP contribution < -0.4 is 24.6 Å². The van der Waals surface area contributed by atoms with Crippen LogP contribution in [0.2, 0.25) is 0 Å². The number of aryl methyl sites for hydroxylation is 1. The van der Waals surface area contributed by atoms with E-state index in [4.69, 9.17) is 19.2 Å². The summed E-state index contributed by atoms with van der Waals surface area (Å²) in [6.07, 6.45) is 8.50. The Morgan fingerprint density at radius 2 is 1.78 bits per heavy atom. The molecular formula is C49H55FN8O8S. The first-order chi connectivity index (χ1) is 32.4. The number of pyridine rings is 1. The summed E-state index contributed by atoms with van der Waals surface area (Å²) >= 11 is 0. The van der Waals surface area contributed by atoms with Crippen LogP contribution in [0.15, 0.2) is 83.9 Å². The maximum Gasteiger partial charge on any atom is 0.293 e. The van der Waals surface area contributed by atoms with Crippen LogP contribution in [0.4, 0.5) is 32.8 Å². The minimum absolute atomic E-state index is 0.0414. The molecule has 1 amide bonds. The topological polar surface area (TPSA) is 184 Å². The van der Waals surface area contributed by atoms with Crippen LogP contribution in [-0.4, -0.2) is 111 Å². The van der Waals surface area contributed by atoms with Crippen LogP contribution in [0.1, 0.15) is 78.9 Å². The van der Waals surface area contributed by atoms with Gasteiger partial charge in [-0.25, -0.2) is 17.5 Å². The lowest BCUT2D eigenvalue weighted by atomic mass is 9.59. The van der Waals surface area contributed by atoms with E-state index in [2.05, 4.69) is 56.0 Å². The number of anilines is 4. The highest BCUT2D eigenvalue weighted by atomic mass is 32.2. The fourth-order valence-electron chi connectivity index (χ4n) is 11.6. The molecule has 4 saturated heterocycles. The van der Waals surface area contributed by atoms with E-state index >= 15 is 4.39 Å². The molecule has 7 heterocycles. The Morgan fingerprint density at radius 1 is 0.970 bits per heavy atom. The fourth-order valence-corrected chi connectivity index (χ4v) is 12.5. The molecule has 1 saturated carbocycles. The number of rotatable bonds is 11. The number of aromatic nitrogens is 2. The number of carbonyl (C=O) groups is 1. The zero-order chi connectivity index (χ0) is 46.1. The van der Waals surface area contributed by atoms with Gasteiger partial charge in [-0.05, 0) is 111 Å². The summed E-state index contributed by atoms with van der Waals surface area (Å²) in [5.41, 5.74) is 3.51. The molecule has 5 aliphatic heterocycles. The van der Waals surface area contributed by atoms with Crippen LogP contribution in [-0.2, 0) is 19.5 Å². The van der Waals surface area contributed by atoms with Gasteiger partial charge in [0.05, 0.1) is 40.3 Å².